The van der Waals surface area contributed by atoms with Gasteiger partial charge in [-0.2, -0.15) is 0 Å². The van der Waals surface area contributed by atoms with Crippen molar-refractivity contribution in [1.29, 1.82) is 0 Å². The first-order valence-corrected chi connectivity index (χ1v) is 7.79. The highest BCUT2D eigenvalue weighted by molar-refractivity contribution is 6.43. The van der Waals surface area contributed by atoms with Crippen LogP contribution < -0.4 is 5.32 Å². The molecule has 0 aromatic heterocycles. The van der Waals surface area contributed by atoms with Crippen molar-refractivity contribution in [3.8, 4) is 0 Å². The number of fused-ring (bicyclic) bond motifs is 1. The molecule has 3 amide bonds. The number of carbonyl (C=O) groups is 3. The van der Waals surface area contributed by atoms with Crippen molar-refractivity contribution < 1.29 is 14.4 Å². The van der Waals surface area contributed by atoms with E-state index < -0.39 is 11.8 Å². The Morgan fingerprint density at radius 2 is 1.65 bits per heavy atom. The molecule has 0 bridgehead atoms. The zero-order valence-corrected chi connectivity index (χ0v) is 14.5. The lowest BCUT2D eigenvalue weighted by molar-refractivity contribution is -0.122. The summed E-state index contributed by atoms with van der Waals surface area (Å²) in [5.74, 6) is -1.07. The van der Waals surface area contributed by atoms with Crippen LogP contribution in [0.2, 0.25) is 10.0 Å². The normalized spacial score (nSPS) is 14.0. The third-order valence-corrected chi connectivity index (χ3v) is 3.98. The van der Waals surface area contributed by atoms with Crippen LogP contribution in [0.4, 0.5) is 0 Å². The van der Waals surface area contributed by atoms with Crippen LogP contribution in [0.3, 0.4) is 0 Å². The molecule has 6 nitrogen and oxygen atoms in total. The minimum absolute atomic E-state index is 0.00704. The van der Waals surface area contributed by atoms with E-state index in [0.717, 1.165) is 4.90 Å². The van der Waals surface area contributed by atoms with Gasteiger partial charge in [0.1, 0.15) is 0 Å². The molecule has 0 saturated carbocycles. The van der Waals surface area contributed by atoms with Crippen molar-refractivity contribution in [2.24, 2.45) is 0 Å². The van der Waals surface area contributed by atoms with E-state index in [-0.39, 0.29) is 46.3 Å². The molecule has 0 fully saturated rings. The van der Waals surface area contributed by atoms with Gasteiger partial charge in [-0.05, 0) is 33.0 Å². The molecular weight excluding hydrogens is 341 g/mol. The van der Waals surface area contributed by atoms with Gasteiger partial charge < -0.3 is 5.32 Å². The van der Waals surface area contributed by atoms with Crippen molar-refractivity contribution >= 4 is 40.9 Å². The second kappa shape index (κ2) is 6.86. The van der Waals surface area contributed by atoms with E-state index in [9.17, 15) is 14.4 Å². The number of hydrogen-bond acceptors (Lipinski definition) is 4. The van der Waals surface area contributed by atoms with Gasteiger partial charge in [-0.15, -0.1) is 0 Å². The minimum Gasteiger partial charge on any atom is -0.353 e. The zero-order chi connectivity index (χ0) is 17.3. The van der Waals surface area contributed by atoms with Gasteiger partial charge in [0.15, 0.2) is 0 Å². The average Bonchev–Trinajstić information content (AvgIpc) is 2.64. The van der Waals surface area contributed by atoms with Gasteiger partial charge in [0, 0.05) is 6.04 Å². The van der Waals surface area contributed by atoms with Crippen LogP contribution in [0.5, 0.6) is 0 Å². The lowest BCUT2D eigenvalue weighted by atomic mass is 10.1. The molecule has 0 radical (unpaired) electrons. The van der Waals surface area contributed by atoms with E-state index in [2.05, 4.69) is 5.32 Å². The van der Waals surface area contributed by atoms with Gasteiger partial charge in [-0.3, -0.25) is 24.2 Å². The fraction of sp³-hybridized carbons (Fsp3) is 0.400. The van der Waals surface area contributed by atoms with Crippen molar-refractivity contribution in [2.75, 3.05) is 20.3 Å². The first-order valence-electron chi connectivity index (χ1n) is 7.04. The molecule has 1 heterocycles. The summed E-state index contributed by atoms with van der Waals surface area (Å²) in [5.41, 5.74) is 0.453. The van der Waals surface area contributed by atoms with E-state index in [1.54, 1.807) is 11.9 Å². The minimum atomic E-state index is -0.445. The summed E-state index contributed by atoms with van der Waals surface area (Å²) in [5, 5.41) is 3.19. The molecule has 1 aliphatic rings. The van der Waals surface area contributed by atoms with Crippen molar-refractivity contribution in [1.82, 2.24) is 15.1 Å². The maximum absolute atomic E-state index is 12.3. The van der Waals surface area contributed by atoms with E-state index in [0.29, 0.717) is 0 Å². The molecule has 0 saturated heterocycles. The van der Waals surface area contributed by atoms with Gasteiger partial charge in [0.25, 0.3) is 11.8 Å². The quantitative estimate of drug-likeness (QED) is 0.818. The largest absolute Gasteiger partial charge is 0.353 e. The number of rotatable bonds is 5. The summed E-state index contributed by atoms with van der Waals surface area (Å²) in [6.45, 7) is 3.80. The van der Waals surface area contributed by atoms with E-state index >= 15 is 0 Å². The summed E-state index contributed by atoms with van der Waals surface area (Å²) in [7, 11) is 1.66. The fourth-order valence-electron chi connectivity index (χ4n) is 2.32. The lowest BCUT2D eigenvalue weighted by Crippen LogP contribution is -2.44. The molecule has 0 spiro atoms. The maximum atomic E-state index is 12.3. The standard InChI is InChI=1S/C15H17Cl2N3O3/c1-8(2)18-13(21)6-19(3)7-20-14(22)9-4-11(16)12(17)5-10(9)15(20)23/h4-5,8H,6-7H2,1-3H3,(H,18,21). The van der Waals surface area contributed by atoms with Crippen LogP contribution in [0.25, 0.3) is 0 Å². The zero-order valence-electron chi connectivity index (χ0n) is 13.0. The third-order valence-electron chi connectivity index (χ3n) is 3.26. The third kappa shape index (κ3) is 3.83. The number of carbonyl (C=O) groups excluding carboxylic acids is 3. The van der Waals surface area contributed by atoms with Crippen molar-refractivity contribution in [2.45, 2.75) is 19.9 Å². The van der Waals surface area contributed by atoms with Gasteiger partial charge in [-0.25, -0.2) is 0 Å². The SMILES string of the molecule is CC(C)NC(=O)CN(C)CN1C(=O)c2cc(Cl)c(Cl)cc2C1=O. The molecule has 1 aliphatic heterocycles. The molecule has 23 heavy (non-hydrogen) atoms. The van der Waals surface area contributed by atoms with Gasteiger partial charge in [0.05, 0.1) is 34.4 Å². The summed E-state index contributed by atoms with van der Waals surface area (Å²) >= 11 is 11.8. The van der Waals surface area contributed by atoms with Crippen LogP contribution in [-0.4, -0.2) is 53.8 Å². The van der Waals surface area contributed by atoms with Crippen LogP contribution in [-0.2, 0) is 4.79 Å². The Morgan fingerprint density at radius 1 is 1.17 bits per heavy atom. The van der Waals surface area contributed by atoms with Crippen LogP contribution in [0, 0.1) is 0 Å². The summed E-state index contributed by atoms with van der Waals surface area (Å²) in [6.07, 6.45) is 0. The second-order valence-electron chi connectivity index (χ2n) is 5.73. The molecule has 1 N–H and O–H groups in total. The van der Waals surface area contributed by atoms with E-state index in [1.807, 2.05) is 13.8 Å². The van der Waals surface area contributed by atoms with Crippen molar-refractivity contribution in [3.05, 3.63) is 33.3 Å². The molecule has 0 aliphatic carbocycles. The first kappa shape index (κ1) is 17.7. The highest BCUT2D eigenvalue weighted by atomic mass is 35.5. The van der Waals surface area contributed by atoms with E-state index in [4.69, 9.17) is 23.2 Å². The first-order chi connectivity index (χ1) is 10.7. The number of benzene rings is 1. The Kier molecular flexibility index (Phi) is 5.29. The van der Waals surface area contributed by atoms with Gasteiger partial charge >= 0.3 is 0 Å². The Labute approximate surface area is 144 Å². The highest BCUT2D eigenvalue weighted by Crippen LogP contribution is 2.31. The molecule has 8 heteroatoms. The molecule has 1 aromatic carbocycles. The number of halogens is 2. The summed E-state index contributed by atoms with van der Waals surface area (Å²) in [4.78, 5) is 39.1. The highest BCUT2D eigenvalue weighted by Gasteiger charge is 2.36. The summed E-state index contributed by atoms with van der Waals surface area (Å²) in [6, 6.07) is 2.81. The van der Waals surface area contributed by atoms with Crippen LogP contribution in [0.15, 0.2) is 12.1 Å². The topological polar surface area (TPSA) is 69.7 Å². The molecule has 124 valence electrons. The Hall–Kier alpha value is -1.63. The predicted molar refractivity (Wildman–Crippen MR) is 87.7 cm³/mol. The van der Waals surface area contributed by atoms with Crippen LogP contribution in [0.1, 0.15) is 34.6 Å². The molecule has 0 unspecified atom stereocenters. The molecular formula is C15H17Cl2N3O3. The number of likely N-dealkylation sites (N-methyl/N-ethyl adjacent to an activating group) is 1. The maximum Gasteiger partial charge on any atom is 0.262 e. The number of imide groups is 1. The number of amides is 3. The van der Waals surface area contributed by atoms with Crippen LogP contribution >= 0.6 is 23.2 Å². The molecule has 0 atom stereocenters. The Morgan fingerprint density at radius 3 is 2.09 bits per heavy atom. The lowest BCUT2D eigenvalue weighted by Gasteiger charge is -2.22. The summed E-state index contributed by atoms with van der Waals surface area (Å²) < 4.78 is 0. The smallest absolute Gasteiger partial charge is 0.262 e. The number of nitrogens with one attached hydrogen (secondary N) is 1. The van der Waals surface area contributed by atoms with Gasteiger partial charge in [0.2, 0.25) is 5.91 Å². The number of hydrogen-bond donors (Lipinski definition) is 1. The van der Waals surface area contributed by atoms with Gasteiger partial charge in [-0.1, -0.05) is 23.2 Å². The fourth-order valence-corrected chi connectivity index (χ4v) is 2.64. The number of nitrogens with zero attached hydrogens (tertiary/aromatic N) is 2. The molecule has 1 aromatic rings. The predicted octanol–water partition coefficient (Wildman–Crippen LogP) is 2.00. The second-order valence-corrected chi connectivity index (χ2v) is 6.54. The Balaban J connectivity index is 2.09. The van der Waals surface area contributed by atoms with E-state index in [1.165, 1.54) is 12.1 Å². The Bertz CT molecular complexity index is 635. The monoisotopic (exact) mass is 357 g/mol. The average molecular weight is 358 g/mol. The van der Waals surface area contributed by atoms with Crippen molar-refractivity contribution in [3.63, 3.8) is 0 Å². The molecule has 2 rings (SSSR count).